The number of rotatable bonds is 1. The van der Waals surface area contributed by atoms with Crippen molar-refractivity contribution < 1.29 is 0 Å². The maximum atomic E-state index is 8.11. The maximum Gasteiger partial charge on any atom is 0.0965 e. The predicted molar refractivity (Wildman–Crippen MR) is 31.7 cm³/mol. The highest BCUT2D eigenvalue weighted by molar-refractivity contribution is 5.22. The van der Waals surface area contributed by atoms with E-state index in [-0.39, 0.29) is 5.57 Å². The molecule has 2 heteroatoms. The molecule has 0 saturated carbocycles. The number of hydrogen-bond acceptors (Lipinski definition) is 2. The van der Waals surface area contributed by atoms with Gasteiger partial charge in [-0.2, -0.15) is 5.26 Å². The van der Waals surface area contributed by atoms with E-state index in [1.54, 1.807) is 17.2 Å². The summed E-state index contributed by atoms with van der Waals surface area (Å²) in [5.74, 6) is 0. The highest BCUT2D eigenvalue weighted by Crippen LogP contribution is 1.87. The molecule has 0 spiro atoms. The minimum atomic E-state index is 0.231. The van der Waals surface area contributed by atoms with Crippen LogP contribution in [0.25, 0.3) is 0 Å². The Hall–Kier alpha value is -0.970. The third kappa shape index (κ3) is 3.23. The molecule has 0 heterocycles. The van der Waals surface area contributed by atoms with E-state index < -0.39 is 0 Å². The van der Waals surface area contributed by atoms with Crippen LogP contribution in [-0.2, 0) is 0 Å². The topological polar surface area (TPSA) is 27.0 Å². The van der Waals surface area contributed by atoms with Crippen LogP contribution in [0.5, 0.6) is 0 Å². The molecule has 0 aromatic carbocycles. The van der Waals surface area contributed by atoms with Crippen LogP contribution >= 0.6 is 0 Å². The van der Waals surface area contributed by atoms with Gasteiger partial charge in [0, 0.05) is 32.8 Å². The first-order valence-electron chi connectivity index (χ1n) is 2.20. The molecule has 0 bridgehead atoms. The molecule has 0 aliphatic carbocycles. The summed E-state index contributed by atoms with van der Waals surface area (Å²) in [6.45, 7) is 5.13. The van der Waals surface area contributed by atoms with E-state index in [4.69, 9.17) is 12.2 Å². The molecule has 0 atom stereocenters. The van der Waals surface area contributed by atoms with Crippen molar-refractivity contribution in [1.82, 2.24) is 4.90 Å². The normalized spacial score (nSPS) is 10.5. The maximum absolute atomic E-state index is 8.11. The fourth-order valence-electron chi connectivity index (χ4n) is 0.307. The van der Waals surface area contributed by atoms with Crippen molar-refractivity contribution >= 4 is 0 Å². The summed E-state index contributed by atoms with van der Waals surface area (Å²) in [6, 6.07) is 1.79. The summed E-state index contributed by atoms with van der Waals surface area (Å²) in [4.78, 5) is 1.72. The van der Waals surface area contributed by atoms with Gasteiger partial charge in [-0.3, -0.25) is 0 Å². The molecule has 2 nitrogen and oxygen atoms in total. The van der Waals surface area contributed by atoms with Crippen molar-refractivity contribution in [1.29, 1.82) is 5.26 Å². The lowest BCUT2D eigenvalue weighted by Crippen LogP contribution is -2.01. The van der Waals surface area contributed by atoms with Crippen molar-refractivity contribution in [3.05, 3.63) is 18.7 Å². The van der Waals surface area contributed by atoms with Crippen molar-refractivity contribution in [2.75, 3.05) is 14.1 Å². The van der Waals surface area contributed by atoms with Crippen LogP contribution in [0, 0.1) is 18.3 Å². The smallest absolute Gasteiger partial charge is 0.0965 e. The van der Waals surface area contributed by atoms with Crippen LogP contribution < -0.4 is 0 Å². The van der Waals surface area contributed by atoms with Crippen molar-refractivity contribution in [2.45, 2.75) is 0 Å². The van der Waals surface area contributed by atoms with Gasteiger partial charge in [0.1, 0.15) is 0 Å². The van der Waals surface area contributed by atoms with Crippen LogP contribution in [0.1, 0.15) is 0 Å². The van der Waals surface area contributed by atoms with Crippen molar-refractivity contribution in [3.8, 4) is 6.07 Å². The summed E-state index contributed by atoms with van der Waals surface area (Å²) in [6.07, 6.45) is 1.56. The summed E-state index contributed by atoms with van der Waals surface area (Å²) in [5, 5.41) is 8.11. The Kier molecular flexibility index (Phi) is 2.71. The molecule has 0 rings (SSSR count). The predicted octanol–water partition coefficient (Wildman–Crippen LogP) is 0.667. The molecule has 0 saturated heterocycles. The molecule has 0 aromatic heterocycles. The van der Waals surface area contributed by atoms with Gasteiger partial charge in [0.05, 0.1) is 6.07 Å². The van der Waals surface area contributed by atoms with Crippen LogP contribution in [-0.4, -0.2) is 19.0 Å². The summed E-state index contributed by atoms with van der Waals surface area (Å²) < 4.78 is 0. The Morgan fingerprint density at radius 1 is 1.75 bits per heavy atom. The molecule has 2 radical (unpaired) electrons. The molecule has 0 aliphatic rings. The Morgan fingerprint density at radius 2 is 2.25 bits per heavy atom. The molecule has 8 heavy (non-hydrogen) atoms. The molecule has 0 unspecified atom stereocenters. The molecular weight excluding hydrogens is 100 g/mol. The van der Waals surface area contributed by atoms with Gasteiger partial charge in [0.2, 0.25) is 0 Å². The number of nitrogens with zero attached hydrogens (tertiary/aromatic N) is 2. The first-order chi connectivity index (χ1) is 3.66. The Balaban J connectivity index is 3.80. The van der Waals surface area contributed by atoms with E-state index in [1.165, 1.54) is 0 Å². The lowest BCUT2D eigenvalue weighted by Gasteiger charge is -2.01. The first kappa shape index (κ1) is 7.03. The zero-order valence-electron chi connectivity index (χ0n) is 5.05. The molecule has 0 aliphatic heterocycles. The zero-order chi connectivity index (χ0) is 6.57. The third-order valence-corrected chi connectivity index (χ3v) is 0.526. The number of nitriles is 1. The lowest BCUT2D eigenvalue weighted by molar-refractivity contribution is 0.561. The Labute approximate surface area is 50.0 Å². The second-order valence-corrected chi connectivity index (χ2v) is 1.66. The largest absolute Gasteiger partial charge is 0.383 e. The fourth-order valence-corrected chi connectivity index (χ4v) is 0.307. The molecular formula is C6H8N2. The molecule has 42 valence electrons. The number of allylic oxidation sites excluding steroid dienone is 1. The fraction of sp³-hybridized carbons (Fsp3) is 0.333. The summed E-state index contributed by atoms with van der Waals surface area (Å²) >= 11 is 0. The molecule has 0 aromatic rings. The SMILES string of the molecule is [CH]C(C#N)=CN(C)C. The van der Waals surface area contributed by atoms with E-state index in [9.17, 15) is 0 Å². The third-order valence-electron chi connectivity index (χ3n) is 0.526. The average Bonchev–Trinajstić information content (AvgIpc) is 1.65. The van der Waals surface area contributed by atoms with Crippen molar-refractivity contribution in [2.24, 2.45) is 0 Å². The summed E-state index contributed by atoms with van der Waals surface area (Å²) in [7, 11) is 3.62. The van der Waals surface area contributed by atoms with Gasteiger partial charge in [0.15, 0.2) is 0 Å². The minimum absolute atomic E-state index is 0.231. The highest BCUT2D eigenvalue weighted by atomic mass is 15.0. The molecule has 0 fully saturated rings. The van der Waals surface area contributed by atoms with Gasteiger partial charge < -0.3 is 4.90 Å². The monoisotopic (exact) mass is 108 g/mol. The van der Waals surface area contributed by atoms with E-state index in [2.05, 4.69) is 0 Å². The summed E-state index contributed by atoms with van der Waals surface area (Å²) in [5.41, 5.74) is 0.231. The first-order valence-corrected chi connectivity index (χ1v) is 2.20. The average molecular weight is 108 g/mol. The van der Waals surface area contributed by atoms with Crippen LogP contribution in [0.4, 0.5) is 0 Å². The van der Waals surface area contributed by atoms with Crippen LogP contribution in [0.15, 0.2) is 11.8 Å². The second-order valence-electron chi connectivity index (χ2n) is 1.66. The minimum Gasteiger partial charge on any atom is -0.383 e. The number of hydrogen-bond donors (Lipinski definition) is 0. The second kappa shape index (κ2) is 3.09. The quantitative estimate of drug-likeness (QED) is 0.461. The van der Waals surface area contributed by atoms with Gasteiger partial charge in [-0.1, -0.05) is 0 Å². The van der Waals surface area contributed by atoms with E-state index in [0.717, 1.165) is 0 Å². The van der Waals surface area contributed by atoms with Gasteiger partial charge in [0.25, 0.3) is 0 Å². The van der Waals surface area contributed by atoms with Crippen LogP contribution in [0.3, 0.4) is 0 Å². The standard InChI is InChI=1S/C6H8N2/c1-6(4-7)5-8(2)3/h1,5H,2-3H3. The zero-order valence-corrected chi connectivity index (χ0v) is 5.05. The Bertz CT molecular complexity index is 128. The van der Waals surface area contributed by atoms with Gasteiger partial charge in [-0.05, 0) is 0 Å². The van der Waals surface area contributed by atoms with Gasteiger partial charge in [-0.25, -0.2) is 0 Å². The lowest BCUT2D eigenvalue weighted by atomic mass is 10.4. The Morgan fingerprint density at radius 3 is 2.38 bits per heavy atom. The van der Waals surface area contributed by atoms with E-state index >= 15 is 0 Å². The van der Waals surface area contributed by atoms with E-state index in [1.807, 2.05) is 14.1 Å². The molecule has 0 N–H and O–H groups in total. The van der Waals surface area contributed by atoms with Crippen molar-refractivity contribution in [3.63, 3.8) is 0 Å². The van der Waals surface area contributed by atoms with Gasteiger partial charge in [-0.15, -0.1) is 0 Å². The highest BCUT2D eigenvalue weighted by Gasteiger charge is 1.82. The van der Waals surface area contributed by atoms with Crippen LogP contribution in [0.2, 0.25) is 0 Å². The molecule has 0 amide bonds. The van der Waals surface area contributed by atoms with Gasteiger partial charge >= 0.3 is 0 Å². The van der Waals surface area contributed by atoms with E-state index in [0.29, 0.717) is 0 Å².